The number of hydrogen-bond acceptors (Lipinski definition) is 2. The Morgan fingerprint density at radius 3 is 2.80 bits per heavy atom. The number of aromatic nitrogens is 1. The SMILES string of the molecule is CCNC(Cc1ccc(Br)cn1)c1cc(Cl)ccc1I. The molecule has 1 N–H and O–H groups in total. The van der Waals surface area contributed by atoms with E-state index in [1.54, 1.807) is 0 Å². The van der Waals surface area contributed by atoms with E-state index in [1.165, 1.54) is 9.13 Å². The van der Waals surface area contributed by atoms with Gasteiger partial charge in [-0.3, -0.25) is 4.98 Å². The summed E-state index contributed by atoms with van der Waals surface area (Å²) in [6.45, 7) is 3.02. The van der Waals surface area contributed by atoms with Gasteiger partial charge in [0.15, 0.2) is 0 Å². The molecular weight excluding hydrogens is 450 g/mol. The van der Waals surface area contributed by atoms with Crippen LogP contribution in [0, 0.1) is 3.57 Å². The fourth-order valence-corrected chi connectivity index (χ4v) is 3.18. The van der Waals surface area contributed by atoms with Crippen molar-refractivity contribution in [2.45, 2.75) is 19.4 Å². The Morgan fingerprint density at radius 2 is 2.15 bits per heavy atom. The van der Waals surface area contributed by atoms with E-state index in [1.807, 2.05) is 30.5 Å². The van der Waals surface area contributed by atoms with E-state index in [0.717, 1.165) is 28.2 Å². The molecule has 0 saturated carbocycles. The highest BCUT2D eigenvalue weighted by Crippen LogP contribution is 2.26. The summed E-state index contributed by atoms with van der Waals surface area (Å²) in [5.74, 6) is 0. The van der Waals surface area contributed by atoms with Gasteiger partial charge in [0, 0.05) is 37.4 Å². The van der Waals surface area contributed by atoms with Gasteiger partial charge >= 0.3 is 0 Å². The number of halogens is 3. The summed E-state index contributed by atoms with van der Waals surface area (Å²) >= 11 is 11.9. The molecule has 1 aromatic heterocycles. The standard InChI is InChI=1S/C15H15BrClIN2/c1-2-19-15(8-12-5-3-10(16)9-20-12)13-7-11(17)4-6-14(13)18/h3-7,9,15,19H,2,8H2,1H3. The highest BCUT2D eigenvalue weighted by atomic mass is 127. The first-order chi connectivity index (χ1) is 9.60. The molecule has 1 atom stereocenters. The molecule has 0 aliphatic heterocycles. The molecule has 0 fully saturated rings. The number of nitrogens with one attached hydrogen (secondary N) is 1. The second-order valence-electron chi connectivity index (χ2n) is 4.45. The first kappa shape index (κ1) is 16.2. The van der Waals surface area contributed by atoms with Gasteiger partial charge in [0.25, 0.3) is 0 Å². The Balaban J connectivity index is 2.26. The molecule has 2 nitrogen and oxygen atoms in total. The van der Waals surface area contributed by atoms with E-state index < -0.39 is 0 Å². The van der Waals surface area contributed by atoms with Crippen molar-refractivity contribution in [1.29, 1.82) is 0 Å². The third-order valence-corrected chi connectivity index (χ3v) is 4.67. The van der Waals surface area contributed by atoms with Crippen molar-refractivity contribution in [2.75, 3.05) is 6.54 Å². The van der Waals surface area contributed by atoms with E-state index in [9.17, 15) is 0 Å². The van der Waals surface area contributed by atoms with Crippen LogP contribution in [-0.2, 0) is 6.42 Å². The van der Waals surface area contributed by atoms with Crippen LogP contribution in [0.4, 0.5) is 0 Å². The maximum atomic E-state index is 6.13. The van der Waals surface area contributed by atoms with Crippen molar-refractivity contribution >= 4 is 50.1 Å². The van der Waals surface area contributed by atoms with Crippen molar-refractivity contribution < 1.29 is 0 Å². The third kappa shape index (κ3) is 4.41. The van der Waals surface area contributed by atoms with Gasteiger partial charge in [-0.2, -0.15) is 0 Å². The van der Waals surface area contributed by atoms with Crippen LogP contribution >= 0.6 is 50.1 Å². The van der Waals surface area contributed by atoms with Crippen LogP contribution in [-0.4, -0.2) is 11.5 Å². The summed E-state index contributed by atoms with van der Waals surface area (Å²) in [5.41, 5.74) is 2.29. The predicted molar refractivity (Wildman–Crippen MR) is 96.2 cm³/mol. The van der Waals surface area contributed by atoms with Crippen LogP contribution in [0.2, 0.25) is 5.02 Å². The Labute approximate surface area is 146 Å². The van der Waals surface area contributed by atoms with Gasteiger partial charge < -0.3 is 5.32 Å². The molecular formula is C15H15BrClIN2. The third-order valence-electron chi connectivity index (χ3n) is 2.99. The molecule has 0 amide bonds. The summed E-state index contributed by atoms with van der Waals surface area (Å²) in [4.78, 5) is 4.46. The second-order valence-corrected chi connectivity index (χ2v) is 6.96. The minimum absolute atomic E-state index is 0.222. The molecule has 1 aromatic carbocycles. The van der Waals surface area contributed by atoms with Gasteiger partial charge in [-0.25, -0.2) is 0 Å². The highest BCUT2D eigenvalue weighted by Gasteiger charge is 2.15. The molecule has 20 heavy (non-hydrogen) atoms. The highest BCUT2D eigenvalue weighted by molar-refractivity contribution is 14.1. The Bertz CT molecular complexity index is 575. The van der Waals surface area contributed by atoms with Gasteiger partial charge in [-0.1, -0.05) is 18.5 Å². The van der Waals surface area contributed by atoms with Gasteiger partial charge in [-0.05, 0) is 81.0 Å². The average Bonchev–Trinajstić information content (AvgIpc) is 2.43. The molecule has 0 aliphatic rings. The lowest BCUT2D eigenvalue weighted by Gasteiger charge is -2.20. The molecule has 0 bridgehead atoms. The first-order valence-electron chi connectivity index (χ1n) is 6.39. The fourth-order valence-electron chi connectivity index (χ4n) is 2.06. The van der Waals surface area contributed by atoms with Crippen LogP contribution < -0.4 is 5.32 Å². The minimum Gasteiger partial charge on any atom is -0.310 e. The van der Waals surface area contributed by atoms with Crippen LogP contribution in [0.25, 0.3) is 0 Å². The zero-order valence-corrected chi connectivity index (χ0v) is 15.5. The number of benzene rings is 1. The van der Waals surface area contributed by atoms with Gasteiger partial charge in [-0.15, -0.1) is 0 Å². The Morgan fingerprint density at radius 1 is 1.35 bits per heavy atom. The minimum atomic E-state index is 0.222. The fraction of sp³-hybridized carbons (Fsp3) is 0.267. The Kier molecular flexibility index (Phi) is 6.26. The summed E-state index contributed by atoms with van der Waals surface area (Å²) in [6.07, 6.45) is 2.68. The smallest absolute Gasteiger partial charge is 0.0423 e. The van der Waals surface area contributed by atoms with Crippen molar-refractivity contribution in [3.63, 3.8) is 0 Å². The summed E-state index contributed by atoms with van der Waals surface area (Å²) in [6, 6.07) is 10.3. The quantitative estimate of drug-likeness (QED) is 0.629. The number of nitrogens with zero attached hydrogens (tertiary/aromatic N) is 1. The summed E-state index contributed by atoms with van der Waals surface area (Å²) < 4.78 is 2.22. The monoisotopic (exact) mass is 464 g/mol. The van der Waals surface area contributed by atoms with E-state index in [0.29, 0.717) is 0 Å². The maximum Gasteiger partial charge on any atom is 0.0423 e. The normalized spacial score (nSPS) is 12.4. The molecule has 106 valence electrons. The molecule has 1 unspecified atom stereocenters. The molecule has 0 radical (unpaired) electrons. The molecule has 2 rings (SSSR count). The van der Waals surface area contributed by atoms with E-state index in [4.69, 9.17) is 11.6 Å². The second kappa shape index (κ2) is 7.73. The lowest BCUT2D eigenvalue weighted by molar-refractivity contribution is 0.542. The van der Waals surface area contributed by atoms with Crippen molar-refractivity contribution in [3.05, 3.63) is 60.9 Å². The molecule has 2 aromatic rings. The molecule has 0 spiro atoms. The first-order valence-corrected chi connectivity index (χ1v) is 8.64. The van der Waals surface area contributed by atoms with Crippen LogP contribution in [0.5, 0.6) is 0 Å². The molecule has 1 heterocycles. The number of likely N-dealkylation sites (N-methyl/N-ethyl adjacent to an activating group) is 1. The molecule has 5 heteroatoms. The van der Waals surface area contributed by atoms with Gasteiger partial charge in [0.2, 0.25) is 0 Å². The zero-order valence-electron chi connectivity index (χ0n) is 11.0. The average molecular weight is 466 g/mol. The zero-order chi connectivity index (χ0) is 14.5. The van der Waals surface area contributed by atoms with Crippen LogP contribution in [0.1, 0.15) is 24.2 Å². The van der Waals surface area contributed by atoms with Crippen molar-refractivity contribution in [1.82, 2.24) is 10.3 Å². The van der Waals surface area contributed by atoms with Gasteiger partial charge in [0.1, 0.15) is 0 Å². The van der Waals surface area contributed by atoms with Crippen molar-refractivity contribution in [3.8, 4) is 0 Å². The molecule has 0 saturated heterocycles. The summed E-state index contributed by atoms with van der Waals surface area (Å²) in [7, 11) is 0. The Hall–Kier alpha value is -0.170. The van der Waals surface area contributed by atoms with E-state index in [-0.39, 0.29) is 6.04 Å². The van der Waals surface area contributed by atoms with Crippen molar-refractivity contribution in [2.24, 2.45) is 0 Å². The van der Waals surface area contributed by atoms with Crippen LogP contribution in [0.15, 0.2) is 41.0 Å². The maximum absolute atomic E-state index is 6.13. The largest absolute Gasteiger partial charge is 0.310 e. The number of hydrogen-bond donors (Lipinski definition) is 1. The van der Waals surface area contributed by atoms with E-state index in [2.05, 4.69) is 61.8 Å². The topological polar surface area (TPSA) is 24.9 Å². The van der Waals surface area contributed by atoms with E-state index >= 15 is 0 Å². The van der Waals surface area contributed by atoms with Gasteiger partial charge in [0.05, 0.1) is 0 Å². The predicted octanol–water partition coefficient (Wildman–Crippen LogP) is 5.00. The summed E-state index contributed by atoms with van der Waals surface area (Å²) in [5, 5.41) is 4.29. The number of pyridine rings is 1. The lowest BCUT2D eigenvalue weighted by Crippen LogP contribution is -2.24. The number of rotatable bonds is 5. The van der Waals surface area contributed by atoms with Crippen LogP contribution in [0.3, 0.4) is 0 Å². The molecule has 0 aliphatic carbocycles. The lowest BCUT2D eigenvalue weighted by atomic mass is 10.0.